The third-order valence-electron chi connectivity index (χ3n) is 6.52. The van der Waals surface area contributed by atoms with E-state index in [-0.39, 0.29) is 41.4 Å². The number of nitrogens with one attached hydrogen (secondary N) is 1. The number of hydrogen-bond acceptors (Lipinski definition) is 10. The molecule has 2 aromatic heterocycles. The molecule has 0 radical (unpaired) electrons. The minimum Gasteiger partial charge on any atom is -0.453 e. The molecule has 0 bridgehead atoms. The molecule has 1 saturated heterocycles. The SMILES string of the molecule is COC(=O)N(CC#Cc1nc(N)c2ncn([C@@H]3O[C@H](C(=O)NC4CC4)C(O)C3O)c2n1)C1CCC1. The lowest BCUT2D eigenvalue weighted by Gasteiger charge is -2.35. The third-order valence-corrected chi connectivity index (χ3v) is 6.52. The van der Waals surface area contributed by atoms with Gasteiger partial charge in [-0.2, -0.15) is 0 Å². The van der Waals surface area contributed by atoms with E-state index in [1.165, 1.54) is 18.0 Å². The maximum Gasteiger partial charge on any atom is 0.410 e. The van der Waals surface area contributed by atoms with Crippen molar-refractivity contribution >= 4 is 29.0 Å². The van der Waals surface area contributed by atoms with Gasteiger partial charge in [-0.25, -0.2) is 19.7 Å². The molecule has 13 heteroatoms. The second-order valence-electron chi connectivity index (χ2n) is 8.95. The summed E-state index contributed by atoms with van der Waals surface area (Å²) in [6.45, 7) is 0.145. The number of nitrogens with zero attached hydrogens (tertiary/aromatic N) is 5. The maximum atomic E-state index is 12.4. The number of carbonyl (C=O) groups excluding carboxylic acids is 2. The summed E-state index contributed by atoms with van der Waals surface area (Å²) in [7, 11) is 1.33. The molecule has 35 heavy (non-hydrogen) atoms. The van der Waals surface area contributed by atoms with Crippen LogP contribution < -0.4 is 11.1 Å². The normalized spacial score (nSPS) is 26.0. The molecule has 3 aliphatic rings. The van der Waals surface area contributed by atoms with Crippen molar-refractivity contribution in [2.75, 3.05) is 19.4 Å². The zero-order chi connectivity index (χ0) is 24.7. The zero-order valence-corrected chi connectivity index (χ0v) is 19.1. The molecule has 186 valence electrons. The van der Waals surface area contributed by atoms with Gasteiger partial charge >= 0.3 is 6.09 Å². The predicted octanol–water partition coefficient (Wildman–Crippen LogP) is -0.721. The fraction of sp³-hybridized carbons (Fsp3) is 0.591. The van der Waals surface area contributed by atoms with E-state index in [4.69, 9.17) is 15.2 Å². The number of nitrogens with two attached hydrogens (primary N) is 1. The van der Waals surface area contributed by atoms with Crippen LogP contribution in [0.1, 0.15) is 44.2 Å². The van der Waals surface area contributed by atoms with Gasteiger partial charge in [0.1, 0.15) is 17.7 Å². The van der Waals surface area contributed by atoms with Crippen molar-refractivity contribution in [1.82, 2.24) is 29.7 Å². The molecule has 2 aromatic rings. The zero-order valence-electron chi connectivity index (χ0n) is 19.1. The first-order valence-corrected chi connectivity index (χ1v) is 11.5. The molecule has 0 spiro atoms. The van der Waals surface area contributed by atoms with E-state index in [1.807, 2.05) is 0 Å². The average molecular weight is 486 g/mol. The lowest BCUT2D eigenvalue weighted by atomic mass is 9.92. The van der Waals surface area contributed by atoms with Crippen LogP contribution in [0.15, 0.2) is 6.33 Å². The van der Waals surface area contributed by atoms with E-state index in [9.17, 15) is 19.8 Å². The van der Waals surface area contributed by atoms with Gasteiger partial charge in [0.2, 0.25) is 5.82 Å². The van der Waals surface area contributed by atoms with E-state index in [0.29, 0.717) is 0 Å². The molecule has 3 heterocycles. The highest BCUT2D eigenvalue weighted by Crippen LogP contribution is 2.33. The first kappa shape index (κ1) is 23.3. The number of anilines is 1. The smallest absolute Gasteiger partial charge is 0.410 e. The Balaban J connectivity index is 1.38. The summed E-state index contributed by atoms with van der Waals surface area (Å²) in [6, 6.07) is 0.181. The lowest BCUT2D eigenvalue weighted by molar-refractivity contribution is -0.137. The Bertz CT molecular complexity index is 1200. The second kappa shape index (κ2) is 9.29. The summed E-state index contributed by atoms with van der Waals surface area (Å²) in [5.74, 6) is 5.38. The first-order chi connectivity index (χ1) is 16.9. The highest BCUT2D eigenvalue weighted by atomic mass is 16.6. The molecule has 4 atom stereocenters. The van der Waals surface area contributed by atoms with Crippen LogP contribution in [-0.2, 0) is 14.3 Å². The van der Waals surface area contributed by atoms with Crippen molar-refractivity contribution in [3.8, 4) is 11.8 Å². The fourth-order valence-corrected chi connectivity index (χ4v) is 4.16. The Morgan fingerprint density at radius 2 is 2.06 bits per heavy atom. The first-order valence-electron chi connectivity index (χ1n) is 11.5. The molecule has 5 rings (SSSR count). The van der Waals surface area contributed by atoms with Crippen LogP contribution in [0, 0.1) is 11.8 Å². The number of amides is 2. The summed E-state index contributed by atoms with van der Waals surface area (Å²) in [6.07, 6.45) is 0.356. The molecule has 2 saturated carbocycles. The van der Waals surface area contributed by atoms with Gasteiger partial charge in [-0.05, 0) is 38.0 Å². The molecule has 3 fully saturated rings. The number of rotatable bonds is 5. The van der Waals surface area contributed by atoms with Gasteiger partial charge in [0.05, 0.1) is 20.0 Å². The quantitative estimate of drug-likeness (QED) is 0.395. The number of aromatic nitrogens is 4. The van der Waals surface area contributed by atoms with Gasteiger partial charge in [0.25, 0.3) is 5.91 Å². The van der Waals surface area contributed by atoms with Crippen LogP contribution in [0.2, 0.25) is 0 Å². The van der Waals surface area contributed by atoms with E-state index < -0.39 is 36.5 Å². The highest BCUT2D eigenvalue weighted by molar-refractivity contribution is 5.83. The van der Waals surface area contributed by atoms with Crippen LogP contribution in [0.5, 0.6) is 0 Å². The molecule has 13 nitrogen and oxygen atoms in total. The van der Waals surface area contributed by atoms with Gasteiger partial charge in [-0.15, -0.1) is 0 Å². The molecule has 1 aliphatic heterocycles. The number of aliphatic hydroxyl groups excluding tert-OH is 2. The van der Waals surface area contributed by atoms with Crippen molar-refractivity contribution in [1.29, 1.82) is 0 Å². The van der Waals surface area contributed by atoms with Gasteiger partial charge in [-0.1, -0.05) is 5.92 Å². The van der Waals surface area contributed by atoms with Crippen molar-refractivity contribution in [3.63, 3.8) is 0 Å². The number of methoxy groups -OCH3 is 1. The Morgan fingerprint density at radius 3 is 2.71 bits per heavy atom. The number of hydrogen-bond donors (Lipinski definition) is 4. The third kappa shape index (κ3) is 4.47. The fourth-order valence-electron chi connectivity index (χ4n) is 4.16. The molecular weight excluding hydrogens is 458 g/mol. The van der Waals surface area contributed by atoms with Crippen molar-refractivity contribution < 1.29 is 29.3 Å². The monoisotopic (exact) mass is 485 g/mol. The summed E-state index contributed by atoms with van der Waals surface area (Å²) in [5, 5.41) is 23.8. The minimum atomic E-state index is -1.43. The van der Waals surface area contributed by atoms with E-state index in [0.717, 1.165) is 32.1 Å². The van der Waals surface area contributed by atoms with E-state index in [1.54, 1.807) is 4.90 Å². The molecule has 5 N–H and O–H groups in total. The molecule has 2 amide bonds. The maximum absolute atomic E-state index is 12.4. The van der Waals surface area contributed by atoms with Crippen LogP contribution in [-0.4, -0.2) is 90.7 Å². The number of ether oxygens (including phenoxy) is 2. The number of carbonyl (C=O) groups is 2. The Hall–Kier alpha value is -3.47. The highest BCUT2D eigenvalue weighted by Gasteiger charge is 2.48. The van der Waals surface area contributed by atoms with Crippen LogP contribution >= 0.6 is 0 Å². The summed E-state index contributed by atoms with van der Waals surface area (Å²) < 4.78 is 12.0. The Morgan fingerprint density at radius 1 is 1.29 bits per heavy atom. The van der Waals surface area contributed by atoms with E-state index >= 15 is 0 Å². The van der Waals surface area contributed by atoms with Gasteiger partial charge in [0, 0.05) is 12.1 Å². The lowest BCUT2D eigenvalue weighted by Crippen LogP contribution is -2.44. The number of imidazole rings is 1. The largest absolute Gasteiger partial charge is 0.453 e. The van der Waals surface area contributed by atoms with Gasteiger partial charge in [0.15, 0.2) is 23.8 Å². The minimum absolute atomic E-state index is 0.0675. The second-order valence-corrected chi connectivity index (χ2v) is 8.95. The van der Waals surface area contributed by atoms with Gasteiger partial charge < -0.3 is 30.7 Å². The standard InChI is InChI=1S/C22H27N7O6/c1-34-22(33)28(12-4-2-5-12)9-3-6-13-26-18(23)14-19(27-13)29(10-24-14)21-16(31)15(30)17(35-21)20(32)25-11-7-8-11/h10-12,15-17,21,30-31H,2,4-5,7-9H2,1H3,(H,25,32)(H2,23,26,27)/t15?,16?,17-,21+/m0/s1. The van der Waals surface area contributed by atoms with Crippen LogP contribution in [0.3, 0.4) is 0 Å². The molecule has 2 aliphatic carbocycles. The Labute approximate surface area is 200 Å². The summed E-state index contributed by atoms with van der Waals surface area (Å²) in [4.78, 5) is 38.8. The number of fused-ring (bicyclic) bond motifs is 1. The molecule has 0 aromatic carbocycles. The summed E-state index contributed by atoms with van der Waals surface area (Å²) in [5.41, 5.74) is 6.54. The molecular formula is C22H27N7O6. The van der Waals surface area contributed by atoms with Crippen LogP contribution in [0.25, 0.3) is 11.2 Å². The van der Waals surface area contributed by atoms with Crippen LogP contribution in [0.4, 0.5) is 10.6 Å². The summed E-state index contributed by atoms with van der Waals surface area (Å²) >= 11 is 0. The number of aliphatic hydroxyl groups is 2. The van der Waals surface area contributed by atoms with Crippen molar-refractivity contribution in [3.05, 3.63) is 12.2 Å². The molecule has 2 unspecified atom stereocenters. The average Bonchev–Trinajstić information content (AvgIpc) is 3.44. The predicted molar refractivity (Wildman–Crippen MR) is 120 cm³/mol. The van der Waals surface area contributed by atoms with E-state index in [2.05, 4.69) is 32.1 Å². The topological polar surface area (TPSA) is 178 Å². The van der Waals surface area contributed by atoms with Crippen molar-refractivity contribution in [2.45, 2.75) is 68.7 Å². The number of nitrogen functional groups attached to an aromatic ring is 1. The van der Waals surface area contributed by atoms with Crippen molar-refractivity contribution in [2.24, 2.45) is 0 Å². The Kier molecular flexibility index (Phi) is 6.18. The van der Waals surface area contributed by atoms with Gasteiger partial charge in [-0.3, -0.25) is 14.3 Å².